The number of hydrogen-bond acceptors (Lipinski definition) is 3. The Morgan fingerprint density at radius 3 is 2.53 bits per heavy atom. The number of carbonyl (C=O) groups excluding carboxylic acids is 1. The SMILES string of the molecule is CCOC(=O)C(C)(C)C(C)(O)Cc1cccc(F)c1. The average Bonchev–Trinajstić information content (AvgIpc) is 2.28. The van der Waals surface area contributed by atoms with E-state index in [4.69, 9.17) is 4.74 Å². The standard InChI is InChI=1S/C15H21FO3/c1-5-19-13(17)14(2,3)15(4,18)10-11-7-6-8-12(16)9-11/h6-9,18H,5,10H2,1-4H3. The number of halogens is 1. The van der Waals surface area contributed by atoms with Gasteiger partial charge in [0.15, 0.2) is 0 Å². The van der Waals surface area contributed by atoms with Gasteiger partial charge in [-0.25, -0.2) is 4.39 Å². The number of ether oxygens (including phenoxy) is 1. The second-order valence-corrected chi connectivity index (χ2v) is 5.43. The van der Waals surface area contributed by atoms with E-state index in [1.54, 1.807) is 39.8 Å². The number of aliphatic hydroxyl groups is 1. The Bertz CT molecular complexity index is 452. The lowest BCUT2D eigenvalue weighted by Gasteiger charge is -2.38. The van der Waals surface area contributed by atoms with E-state index in [1.807, 2.05) is 0 Å². The first-order valence-electron chi connectivity index (χ1n) is 6.35. The summed E-state index contributed by atoms with van der Waals surface area (Å²) < 4.78 is 18.1. The maximum absolute atomic E-state index is 13.1. The minimum atomic E-state index is -1.33. The van der Waals surface area contributed by atoms with Crippen molar-refractivity contribution >= 4 is 5.97 Å². The van der Waals surface area contributed by atoms with Crippen molar-refractivity contribution in [2.75, 3.05) is 6.61 Å². The molecule has 3 nitrogen and oxygen atoms in total. The fraction of sp³-hybridized carbons (Fsp3) is 0.533. The third-order valence-corrected chi connectivity index (χ3v) is 3.57. The predicted octanol–water partition coefficient (Wildman–Crippen LogP) is 2.71. The second kappa shape index (κ2) is 5.70. The van der Waals surface area contributed by atoms with Crippen LogP contribution in [0.3, 0.4) is 0 Å². The molecule has 19 heavy (non-hydrogen) atoms. The van der Waals surface area contributed by atoms with Crippen LogP contribution in [0.5, 0.6) is 0 Å². The van der Waals surface area contributed by atoms with Gasteiger partial charge in [0.1, 0.15) is 5.82 Å². The summed E-state index contributed by atoms with van der Waals surface area (Å²) in [5.41, 5.74) is -1.76. The molecule has 0 amide bonds. The van der Waals surface area contributed by atoms with Gasteiger partial charge in [-0.15, -0.1) is 0 Å². The molecule has 0 saturated carbocycles. The van der Waals surface area contributed by atoms with E-state index in [0.717, 1.165) is 0 Å². The van der Waals surface area contributed by atoms with Gasteiger partial charge in [0, 0.05) is 6.42 Å². The zero-order valence-corrected chi connectivity index (χ0v) is 11.9. The molecule has 0 aliphatic rings. The molecule has 0 heterocycles. The Balaban J connectivity index is 2.93. The highest BCUT2D eigenvalue weighted by Gasteiger charge is 2.46. The molecule has 0 radical (unpaired) electrons. The molecule has 1 aromatic rings. The summed E-state index contributed by atoms with van der Waals surface area (Å²) in [6.07, 6.45) is 0.177. The zero-order valence-electron chi connectivity index (χ0n) is 11.9. The highest BCUT2D eigenvalue weighted by atomic mass is 19.1. The number of esters is 1. The third-order valence-electron chi connectivity index (χ3n) is 3.57. The lowest BCUT2D eigenvalue weighted by atomic mass is 9.73. The first-order valence-corrected chi connectivity index (χ1v) is 6.35. The Labute approximate surface area is 113 Å². The van der Waals surface area contributed by atoms with Gasteiger partial charge in [0.25, 0.3) is 0 Å². The minimum absolute atomic E-state index is 0.177. The number of rotatable bonds is 5. The summed E-state index contributed by atoms with van der Waals surface area (Å²) in [5, 5.41) is 10.6. The maximum atomic E-state index is 13.1. The lowest BCUT2D eigenvalue weighted by molar-refractivity contribution is -0.168. The molecule has 0 spiro atoms. The molecular formula is C15H21FO3. The number of carbonyl (C=O) groups is 1. The van der Waals surface area contributed by atoms with Gasteiger partial charge in [-0.1, -0.05) is 12.1 Å². The molecule has 1 atom stereocenters. The fourth-order valence-electron chi connectivity index (χ4n) is 1.80. The molecule has 0 fully saturated rings. The molecule has 0 bridgehead atoms. The van der Waals surface area contributed by atoms with Crippen LogP contribution < -0.4 is 0 Å². The summed E-state index contributed by atoms with van der Waals surface area (Å²) in [7, 11) is 0. The van der Waals surface area contributed by atoms with Crippen molar-refractivity contribution in [1.82, 2.24) is 0 Å². The second-order valence-electron chi connectivity index (χ2n) is 5.43. The molecule has 1 rings (SSSR count). The van der Waals surface area contributed by atoms with Gasteiger partial charge in [-0.3, -0.25) is 4.79 Å². The van der Waals surface area contributed by atoms with Crippen LogP contribution in [0.15, 0.2) is 24.3 Å². The maximum Gasteiger partial charge on any atom is 0.314 e. The van der Waals surface area contributed by atoms with Crippen LogP contribution in [0.25, 0.3) is 0 Å². The summed E-state index contributed by atoms with van der Waals surface area (Å²) in [6, 6.07) is 6.00. The largest absolute Gasteiger partial charge is 0.465 e. The van der Waals surface area contributed by atoms with Crippen LogP contribution in [0.4, 0.5) is 4.39 Å². The van der Waals surface area contributed by atoms with Crippen molar-refractivity contribution in [2.24, 2.45) is 5.41 Å². The van der Waals surface area contributed by atoms with Crippen LogP contribution in [0.1, 0.15) is 33.3 Å². The average molecular weight is 268 g/mol. The smallest absolute Gasteiger partial charge is 0.314 e. The summed E-state index contributed by atoms with van der Waals surface area (Å²) in [5.74, 6) is -0.821. The van der Waals surface area contributed by atoms with Gasteiger partial charge in [0.2, 0.25) is 0 Å². The Morgan fingerprint density at radius 1 is 1.37 bits per heavy atom. The zero-order chi connectivity index (χ0) is 14.7. The van der Waals surface area contributed by atoms with E-state index in [-0.39, 0.29) is 18.8 Å². The molecule has 106 valence electrons. The van der Waals surface area contributed by atoms with Crippen molar-refractivity contribution in [3.8, 4) is 0 Å². The van der Waals surface area contributed by atoms with Crippen molar-refractivity contribution < 1.29 is 19.0 Å². The molecule has 1 N–H and O–H groups in total. The number of hydrogen-bond donors (Lipinski definition) is 1. The van der Waals surface area contributed by atoms with Crippen LogP contribution in [-0.4, -0.2) is 23.3 Å². The van der Waals surface area contributed by atoms with Crippen LogP contribution in [0, 0.1) is 11.2 Å². The highest BCUT2D eigenvalue weighted by molar-refractivity contribution is 5.77. The minimum Gasteiger partial charge on any atom is -0.465 e. The molecule has 0 aromatic heterocycles. The first kappa shape index (κ1) is 15.6. The van der Waals surface area contributed by atoms with Crippen molar-refractivity contribution in [3.63, 3.8) is 0 Å². The first-order chi connectivity index (χ1) is 8.70. The van der Waals surface area contributed by atoms with Crippen molar-refractivity contribution in [1.29, 1.82) is 0 Å². The van der Waals surface area contributed by atoms with E-state index in [9.17, 15) is 14.3 Å². The summed E-state index contributed by atoms with van der Waals surface area (Å²) >= 11 is 0. The van der Waals surface area contributed by atoms with E-state index < -0.39 is 17.0 Å². The molecule has 4 heteroatoms. The van der Waals surface area contributed by atoms with Crippen LogP contribution in [0.2, 0.25) is 0 Å². The highest BCUT2D eigenvalue weighted by Crippen LogP contribution is 2.35. The van der Waals surface area contributed by atoms with E-state index in [1.165, 1.54) is 12.1 Å². The lowest BCUT2D eigenvalue weighted by Crippen LogP contribution is -2.49. The van der Waals surface area contributed by atoms with Gasteiger partial charge in [-0.2, -0.15) is 0 Å². The fourth-order valence-corrected chi connectivity index (χ4v) is 1.80. The Kier molecular flexibility index (Phi) is 4.69. The number of benzene rings is 1. The monoisotopic (exact) mass is 268 g/mol. The normalized spacial score (nSPS) is 14.8. The molecular weight excluding hydrogens is 247 g/mol. The van der Waals surface area contributed by atoms with Gasteiger partial charge < -0.3 is 9.84 Å². The predicted molar refractivity (Wildman–Crippen MR) is 71.1 cm³/mol. The van der Waals surface area contributed by atoms with Crippen LogP contribution >= 0.6 is 0 Å². The molecule has 0 aliphatic heterocycles. The van der Waals surface area contributed by atoms with Gasteiger partial charge in [-0.05, 0) is 45.4 Å². The topological polar surface area (TPSA) is 46.5 Å². The quantitative estimate of drug-likeness (QED) is 0.835. The van der Waals surface area contributed by atoms with E-state index in [2.05, 4.69) is 0 Å². The van der Waals surface area contributed by atoms with E-state index in [0.29, 0.717) is 5.56 Å². The Morgan fingerprint density at radius 2 is 2.00 bits per heavy atom. The van der Waals surface area contributed by atoms with Gasteiger partial charge in [0.05, 0.1) is 17.6 Å². The van der Waals surface area contributed by atoms with Crippen LogP contribution in [-0.2, 0) is 16.0 Å². The third kappa shape index (κ3) is 3.53. The molecule has 1 aromatic carbocycles. The van der Waals surface area contributed by atoms with Crippen molar-refractivity contribution in [3.05, 3.63) is 35.6 Å². The summed E-state index contributed by atoms with van der Waals surface area (Å²) in [6.45, 7) is 6.80. The molecule has 1 unspecified atom stereocenters. The Hall–Kier alpha value is -1.42. The molecule has 0 aliphatic carbocycles. The molecule has 0 saturated heterocycles. The van der Waals surface area contributed by atoms with Crippen molar-refractivity contribution in [2.45, 2.75) is 39.7 Å². The summed E-state index contributed by atoms with van der Waals surface area (Å²) in [4.78, 5) is 11.9. The van der Waals surface area contributed by atoms with E-state index >= 15 is 0 Å². The van der Waals surface area contributed by atoms with Gasteiger partial charge >= 0.3 is 5.97 Å².